The van der Waals surface area contributed by atoms with Crippen LogP contribution in [0.4, 0.5) is 0 Å². The molecular formula is C7H7BrN2. The number of pyridine rings is 1. The summed E-state index contributed by atoms with van der Waals surface area (Å²) in [6.07, 6.45) is 1.82. The maximum Gasteiger partial charge on any atom is 0.106 e. The standard InChI is InChI=1S/C7H7BrN2/c8-7-3-5(1-2-9-7)6-4-10-6/h1-3,6,10H,4H2/t6-/m1/s1. The summed E-state index contributed by atoms with van der Waals surface area (Å²) in [5.74, 6) is 0. The van der Waals surface area contributed by atoms with Crippen LogP contribution < -0.4 is 5.32 Å². The Kier molecular flexibility index (Phi) is 1.47. The Bertz CT molecular complexity index is 245. The van der Waals surface area contributed by atoms with E-state index in [4.69, 9.17) is 0 Å². The van der Waals surface area contributed by atoms with Crippen LogP contribution in [0.1, 0.15) is 11.6 Å². The number of aromatic nitrogens is 1. The van der Waals surface area contributed by atoms with Gasteiger partial charge in [0.05, 0.1) is 0 Å². The summed E-state index contributed by atoms with van der Waals surface area (Å²) in [7, 11) is 0. The Morgan fingerprint density at radius 2 is 2.50 bits per heavy atom. The van der Waals surface area contributed by atoms with Crippen LogP contribution in [0.5, 0.6) is 0 Å². The molecule has 0 bridgehead atoms. The second-order valence-corrected chi connectivity index (χ2v) is 3.19. The highest BCUT2D eigenvalue weighted by molar-refractivity contribution is 9.10. The smallest absolute Gasteiger partial charge is 0.106 e. The van der Waals surface area contributed by atoms with Crippen molar-refractivity contribution >= 4 is 15.9 Å². The van der Waals surface area contributed by atoms with Crippen LogP contribution in [-0.4, -0.2) is 11.5 Å². The molecule has 1 aromatic rings. The highest BCUT2D eigenvalue weighted by Gasteiger charge is 2.21. The normalized spacial score (nSPS) is 22.7. The van der Waals surface area contributed by atoms with E-state index in [0.29, 0.717) is 6.04 Å². The van der Waals surface area contributed by atoms with Gasteiger partial charge in [0.25, 0.3) is 0 Å². The topological polar surface area (TPSA) is 34.8 Å². The number of hydrogen-bond acceptors (Lipinski definition) is 2. The fourth-order valence-corrected chi connectivity index (χ4v) is 1.31. The SMILES string of the molecule is Brc1cc([C@H]2CN2)ccn1. The van der Waals surface area contributed by atoms with E-state index >= 15 is 0 Å². The molecule has 1 N–H and O–H groups in total. The fraction of sp³-hybridized carbons (Fsp3) is 0.286. The van der Waals surface area contributed by atoms with Gasteiger partial charge in [-0.1, -0.05) is 0 Å². The van der Waals surface area contributed by atoms with E-state index < -0.39 is 0 Å². The highest BCUT2D eigenvalue weighted by atomic mass is 79.9. The van der Waals surface area contributed by atoms with E-state index in [0.717, 1.165) is 11.1 Å². The zero-order valence-electron chi connectivity index (χ0n) is 5.34. The van der Waals surface area contributed by atoms with Gasteiger partial charge in [0.2, 0.25) is 0 Å². The van der Waals surface area contributed by atoms with Crippen molar-refractivity contribution in [3.8, 4) is 0 Å². The van der Waals surface area contributed by atoms with Crippen LogP contribution in [0.3, 0.4) is 0 Å². The van der Waals surface area contributed by atoms with Crippen LogP contribution in [0.2, 0.25) is 0 Å². The van der Waals surface area contributed by atoms with Crippen LogP contribution >= 0.6 is 15.9 Å². The molecule has 52 valence electrons. The lowest BCUT2D eigenvalue weighted by molar-refractivity contribution is 1.06. The molecule has 0 spiro atoms. The Morgan fingerprint density at radius 3 is 3.10 bits per heavy atom. The summed E-state index contributed by atoms with van der Waals surface area (Å²) in [6.45, 7) is 1.11. The van der Waals surface area contributed by atoms with E-state index in [1.165, 1.54) is 5.56 Å². The van der Waals surface area contributed by atoms with Crippen LogP contribution in [0.25, 0.3) is 0 Å². The largest absolute Gasteiger partial charge is 0.307 e. The average molecular weight is 199 g/mol. The van der Waals surface area contributed by atoms with Crippen molar-refractivity contribution in [2.45, 2.75) is 6.04 Å². The van der Waals surface area contributed by atoms with Gasteiger partial charge in [0.15, 0.2) is 0 Å². The summed E-state index contributed by atoms with van der Waals surface area (Å²) >= 11 is 3.32. The summed E-state index contributed by atoms with van der Waals surface area (Å²) in [6, 6.07) is 4.67. The molecule has 2 nitrogen and oxygen atoms in total. The lowest BCUT2D eigenvalue weighted by atomic mass is 10.2. The minimum absolute atomic E-state index is 0.583. The number of nitrogens with zero attached hydrogens (tertiary/aromatic N) is 1. The van der Waals surface area contributed by atoms with E-state index in [1.807, 2.05) is 18.3 Å². The van der Waals surface area contributed by atoms with E-state index in [9.17, 15) is 0 Å². The third kappa shape index (κ3) is 1.20. The first-order valence-corrected chi connectivity index (χ1v) is 4.00. The van der Waals surface area contributed by atoms with Gasteiger partial charge in [-0.25, -0.2) is 4.98 Å². The Hall–Kier alpha value is -0.410. The van der Waals surface area contributed by atoms with Crippen molar-refractivity contribution in [3.05, 3.63) is 28.5 Å². The lowest BCUT2D eigenvalue weighted by Crippen LogP contribution is -1.84. The van der Waals surface area contributed by atoms with Crippen LogP contribution in [0.15, 0.2) is 22.9 Å². The predicted molar refractivity (Wildman–Crippen MR) is 42.7 cm³/mol. The fourth-order valence-electron chi connectivity index (χ4n) is 0.929. The van der Waals surface area contributed by atoms with Gasteiger partial charge in [0, 0.05) is 18.8 Å². The predicted octanol–water partition coefficient (Wildman–Crippen LogP) is 1.49. The molecular weight excluding hydrogens is 192 g/mol. The lowest BCUT2D eigenvalue weighted by Gasteiger charge is -1.94. The maximum absolute atomic E-state index is 4.04. The third-order valence-electron chi connectivity index (χ3n) is 1.56. The van der Waals surface area contributed by atoms with Gasteiger partial charge in [0.1, 0.15) is 4.60 Å². The van der Waals surface area contributed by atoms with Crippen molar-refractivity contribution in [1.29, 1.82) is 0 Å². The first kappa shape index (κ1) is 6.31. The highest BCUT2D eigenvalue weighted by Crippen LogP contribution is 2.22. The second-order valence-electron chi connectivity index (χ2n) is 2.37. The zero-order valence-corrected chi connectivity index (χ0v) is 6.93. The zero-order chi connectivity index (χ0) is 6.97. The van der Waals surface area contributed by atoms with Crippen molar-refractivity contribution in [3.63, 3.8) is 0 Å². The molecule has 2 rings (SSSR count). The Balaban J connectivity index is 2.32. The van der Waals surface area contributed by atoms with Crippen molar-refractivity contribution < 1.29 is 0 Å². The van der Waals surface area contributed by atoms with Crippen LogP contribution in [0, 0.1) is 0 Å². The van der Waals surface area contributed by atoms with E-state index in [-0.39, 0.29) is 0 Å². The molecule has 10 heavy (non-hydrogen) atoms. The van der Waals surface area contributed by atoms with E-state index in [1.54, 1.807) is 0 Å². The quantitative estimate of drug-likeness (QED) is 0.549. The number of halogens is 1. The van der Waals surface area contributed by atoms with Gasteiger partial charge in [-0.2, -0.15) is 0 Å². The molecule has 0 aromatic carbocycles. The van der Waals surface area contributed by atoms with Crippen molar-refractivity contribution in [2.75, 3.05) is 6.54 Å². The third-order valence-corrected chi connectivity index (χ3v) is 1.99. The minimum Gasteiger partial charge on any atom is -0.307 e. The van der Waals surface area contributed by atoms with Crippen molar-refractivity contribution in [2.24, 2.45) is 0 Å². The minimum atomic E-state index is 0.583. The summed E-state index contributed by atoms with van der Waals surface area (Å²) in [5.41, 5.74) is 1.32. The molecule has 1 aliphatic heterocycles. The van der Waals surface area contributed by atoms with Crippen molar-refractivity contribution in [1.82, 2.24) is 10.3 Å². The molecule has 0 saturated carbocycles. The molecule has 0 aliphatic carbocycles. The first-order chi connectivity index (χ1) is 4.86. The molecule has 1 fully saturated rings. The Labute approximate surface area is 67.8 Å². The second kappa shape index (κ2) is 2.32. The van der Waals surface area contributed by atoms with Gasteiger partial charge < -0.3 is 5.32 Å². The monoisotopic (exact) mass is 198 g/mol. The number of rotatable bonds is 1. The molecule has 0 radical (unpaired) electrons. The molecule has 2 heterocycles. The summed E-state index contributed by atoms with van der Waals surface area (Å²) < 4.78 is 0.915. The van der Waals surface area contributed by atoms with Crippen LogP contribution in [-0.2, 0) is 0 Å². The molecule has 1 aromatic heterocycles. The van der Waals surface area contributed by atoms with Gasteiger partial charge in [-0.3, -0.25) is 0 Å². The maximum atomic E-state index is 4.04. The number of hydrogen-bond donors (Lipinski definition) is 1. The molecule has 3 heteroatoms. The molecule has 1 aliphatic rings. The van der Waals surface area contributed by atoms with Gasteiger partial charge in [-0.05, 0) is 33.6 Å². The van der Waals surface area contributed by atoms with Gasteiger partial charge in [-0.15, -0.1) is 0 Å². The van der Waals surface area contributed by atoms with Gasteiger partial charge >= 0.3 is 0 Å². The first-order valence-electron chi connectivity index (χ1n) is 3.21. The molecule has 0 amide bonds. The summed E-state index contributed by atoms with van der Waals surface area (Å²) in [4.78, 5) is 4.04. The van der Waals surface area contributed by atoms with E-state index in [2.05, 4.69) is 26.2 Å². The Morgan fingerprint density at radius 1 is 1.70 bits per heavy atom. The molecule has 1 saturated heterocycles. The average Bonchev–Trinajstić information content (AvgIpc) is 2.68. The molecule has 0 unspecified atom stereocenters. The summed E-state index contributed by atoms with van der Waals surface area (Å²) in [5, 5.41) is 3.23. The number of nitrogens with one attached hydrogen (secondary N) is 1. The molecule has 1 atom stereocenters.